The zero-order valence-corrected chi connectivity index (χ0v) is 13.9. The number of aromatic nitrogens is 2. The van der Waals surface area contributed by atoms with Crippen LogP contribution in [-0.2, 0) is 6.54 Å². The maximum absolute atomic E-state index is 10.6. The van der Waals surface area contributed by atoms with Gasteiger partial charge in [0.25, 0.3) is 0 Å². The number of hydrogen-bond donors (Lipinski definition) is 2. The molecule has 1 saturated carbocycles. The molecule has 0 amide bonds. The third-order valence-electron chi connectivity index (χ3n) is 4.50. The van der Waals surface area contributed by atoms with Gasteiger partial charge in [-0.25, -0.2) is 4.98 Å². The lowest BCUT2D eigenvalue weighted by Crippen LogP contribution is -2.39. The van der Waals surface area contributed by atoms with E-state index < -0.39 is 5.60 Å². The zero-order valence-electron chi connectivity index (χ0n) is 13.9. The van der Waals surface area contributed by atoms with Gasteiger partial charge >= 0.3 is 0 Å². The van der Waals surface area contributed by atoms with Crippen molar-refractivity contribution in [1.82, 2.24) is 15.3 Å². The van der Waals surface area contributed by atoms with E-state index in [1.165, 1.54) is 18.4 Å². The van der Waals surface area contributed by atoms with Crippen molar-refractivity contribution in [2.24, 2.45) is 0 Å². The van der Waals surface area contributed by atoms with E-state index in [0.717, 1.165) is 38.0 Å². The maximum Gasteiger partial charge on any atom is 0.237 e. The van der Waals surface area contributed by atoms with Gasteiger partial charge in [-0.1, -0.05) is 37.8 Å². The quantitative estimate of drug-likeness (QED) is 0.796. The van der Waals surface area contributed by atoms with Crippen molar-refractivity contribution >= 4 is 0 Å². The molecule has 2 aromatic rings. The van der Waals surface area contributed by atoms with Crippen LogP contribution in [0.5, 0.6) is 11.6 Å². The highest BCUT2D eigenvalue weighted by atomic mass is 16.5. The van der Waals surface area contributed by atoms with Gasteiger partial charge in [-0.15, -0.1) is 0 Å². The molecule has 1 fully saturated rings. The van der Waals surface area contributed by atoms with E-state index in [0.29, 0.717) is 12.4 Å². The van der Waals surface area contributed by atoms with Crippen LogP contribution >= 0.6 is 0 Å². The molecule has 128 valence electrons. The molecule has 0 unspecified atom stereocenters. The molecule has 1 aliphatic rings. The summed E-state index contributed by atoms with van der Waals surface area (Å²) in [5, 5.41) is 14.0. The van der Waals surface area contributed by atoms with E-state index in [2.05, 4.69) is 15.3 Å². The molecular formula is C19H25N3O2. The van der Waals surface area contributed by atoms with Gasteiger partial charge in [-0.2, -0.15) is 0 Å². The van der Waals surface area contributed by atoms with E-state index in [1.54, 1.807) is 18.6 Å². The molecule has 0 saturated heterocycles. The Morgan fingerprint density at radius 2 is 1.79 bits per heavy atom. The molecule has 1 aliphatic carbocycles. The number of nitrogens with one attached hydrogen (secondary N) is 1. The van der Waals surface area contributed by atoms with Crippen LogP contribution in [0, 0.1) is 0 Å². The first-order valence-corrected chi connectivity index (χ1v) is 8.69. The minimum Gasteiger partial charge on any atom is -0.438 e. The molecule has 0 radical (unpaired) electrons. The Morgan fingerprint density at radius 3 is 2.46 bits per heavy atom. The van der Waals surface area contributed by atoms with Crippen LogP contribution in [0.2, 0.25) is 0 Å². The van der Waals surface area contributed by atoms with Gasteiger partial charge in [0, 0.05) is 25.5 Å². The summed E-state index contributed by atoms with van der Waals surface area (Å²) in [4.78, 5) is 8.06. The molecule has 3 rings (SSSR count). The highest BCUT2D eigenvalue weighted by Crippen LogP contribution is 2.26. The largest absolute Gasteiger partial charge is 0.438 e. The normalized spacial score (nSPS) is 17.2. The molecule has 0 spiro atoms. The number of aliphatic hydroxyl groups is 1. The van der Waals surface area contributed by atoms with Gasteiger partial charge in [0.2, 0.25) is 5.88 Å². The summed E-state index contributed by atoms with van der Waals surface area (Å²) in [5.74, 6) is 1.22. The predicted octanol–water partition coefficient (Wildman–Crippen LogP) is 3.44. The first-order chi connectivity index (χ1) is 11.7. The molecule has 5 nitrogen and oxygen atoms in total. The molecule has 1 aromatic carbocycles. The summed E-state index contributed by atoms with van der Waals surface area (Å²) in [7, 11) is 0. The Kier molecular flexibility index (Phi) is 5.77. The van der Waals surface area contributed by atoms with Crippen LogP contribution in [0.4, 0.5) is 0 Å². The molecular weight excluding hydrogens is 302 g/mol. The molecule has 0 aliphatic heterocycles. The zero-order chi connectivity index (χ0) is 16.7. The summed E-state index contributed by atoms with van der Waals surface area (Å²) in [5.41, 5.74) is 0.629. The Labute approximate surface area is 143 Å². The fourth-order valence-electron chi connectivity index (χ4n) is 3.14. The monoisotopic (exact) mass is 327 g/mol. The second-order valence-corrected chi connectivity index (χ2v) is 6.53. The van der Waals surface area contributed by atoms with Crippen molar-refractivity contribution in [2.75, 3.05) is 6.54 Å². The Bertz CT molecular complexity index is 608. The van der Waals surface area contributed by atoms with Crippen LogP contribution < -0.4 is 10.1 Å². The summed E-state index contributed by atoms with van der Waals surface area (Å²) < 4.78 is 5.63. The van der Waals surface area contributed by atoms with Crippen LogP contribution in [-0.4, -0.2) is 27.2 Å². The number of nitrogens with zero attached hydrogens (tertiary/aromatic N) is 2. The second kappa shape index (κ2) is 8.22. The molecule has 5 heteroatoms. The van der Waals surface area contributed by atoms with Crippen LogP contribution in [0.1, 0.15) is 44.1 Å². The lowest BCUT2D eigenvalue weighted by molar-refractivity contribution is 0.0250. The van der Waals surface area contributed by atoms with Crippen molar-refractivity contribution in [2.45, 2.75) is 50.7 Å². The summed E-state index contributed by atoms with van der Waals surface area (Å²) in [6.45, 7) is 1.40. The van der Waals surface area contributed by atoms with Gasteiger partial charge in [0.05, 0.1) is 11.8 Å². The van der Waals surface area contributed by atoms with E-state index in [4.69, 9.17) is 4.74 Å². The minimum atomic E-state index is -0.536. The Balaban J connectivity index is 1.47. The summed E-state index contributed by atoms with van der Waals surface area (Å²) in [6, 6.07) is 7.89. The van der Waals surface area contributed by atoms with E-state index in [1.807, 2.05) is 24.3 Å². The van der Waals surface area contributed by atoms with Crippen LogP contribution in [0.15, 0.2) is 42.9 Å². The van der Waals surface area contributed by atoms with Crippen molar-refractivity contribution in [3.05, 3.63) is 48.4 Å². The van der Waals surface area contributed by atoms with Crippen molar-refractivity contribution in [3.8, 4) is 11.6 Å². The first-order valence-electron chi connectivity index (χ1n) is 8.69. The van der Waals surface area contributed by atoms with Gasteiger partial charge < -0.3 is 15.2 Å². The molecule has 1 heterocycles. The lowest BCUT2D eigenvalue weighted by Gasteiger charge is -2.27. The highest BCUT2D eigenvalue weighted by Gasteiger charge is 2.27. The number of hydrogen-bond acceptors (Lipinski definition) is 5. The molecule has 0 atom stereocenters. The van der Waals surface area contributed by atoms with Crippen molar-refractivity contribution in [3.63, 3.8) is 0 Å². The van der Waals surface area contributed by atoms with E-state index >= 15 is 0 Å². The van der Waals surface area contributed by atoms with Gasteiger partial charge in [-0.05, 0) is 30.5 Å². The number of benzene rings is 1. The topological polar surface area (TPSA) is 67.3 Å². The molecule has 2 N–H and O–H groups in total. The SMILES string of the molecule is OC1(CNCc2ccc(Oc3cnccn3)cc2)CCCCCC1. The van der Waals surface area contributed by atoms with Crippen molar-refractivity contribution in [1.29, 1.82) is 0 Å². The fraction of sp³-hybridized carbons (Fsp3) is 0.474. The standard InChI is InChI=1S/C19H25N3O2/c23-19(9-3-1-2-4-10-19)15-21-13-16-5-7-17(8-6-16)24-18-14-20-11-12-22-18/h5-8,11-12,14,21,23H,1-4,9-10,13,15H2. The van der Waals surface area contributed by atoms with Gasteiger partial charge in [0.1, 0.15) is 5.75 Å². The smallest absolute Gasteiger partial charge is 0.237 e. The molecule has 1 aromatic heterocycles. The average molecular weight is 327 g/mol. The highest BCUT2D eigenvalue weighted by molar-refractivity contribution is 5.29. The van der Waals surface area contributed by atoms with Crippen LogP contribution in [0.3, 0.4) is 0 Å². The van der Waals surface area contributed by atoms with Gasteiger partial charge in [-0.3, -0.25) is 4.98 Å². The Hall–Kier alpha value is -1.98. The maximum atomic E-state index is 10.6. The van der Waals surface area contributed by atoms with Gasteiger partial charge in [0.15, 0.2) is 0 Å². The summed E-state index contributed by atoms with van der Waals surface area (Å²) >= 11 is 0. The molecule has 24 heavy (non-hydrogen) atoms. The van der Waals surface area contributed by atoms with Crippen molar-refractivity contribution < 1.29 is 9.84 Å². The number of ether oxygens (including phenoxy) is 1. The molecule has 0 bridgehead atoms. The summed E-state index contributed by atoms with van der Waals surface area (Å²) in [6.07, 6.45) is 11.4. The van der Waals surface area contributed by atoms with E-state index in [-0.39, 0.29) is 0 Å². The third kappa shape index (κ3) is 5.01. The predicted molar refractivity (Wildman–Crippen MR) is 92.9 cm³/mol. The number of rotatable bonds is 6. The second-order valence-electron chi connectivity index (χ2n) is 6.53. The third-order valence-corrected chi connectivity index (χ3v) is 4.50. The lowest BCUT2D eigenvalue weighted by atomic mass is 9.94. The Morgan fingerprint density at radius 1 is 1.04 bits per heavy atom. The minimum absolute atomic E-state index is 0.485. The fourth-order valence-corrected chi connectivity index (χ4v) is 3.14. The average Bonchev–Trinajstić information content (AvgIpc) is 2.82. The first kappa shape index (κ1) is 16.9. The van der Waals surface area contributed by atoms with Crippen LogP contribution in [0.25, 0.3) is 0 Å². The van der Waals surface area contributed by atoms with E-state index in [9.17, 15) is 5.11 Å².